The van der Waals surface area contributed by atoms with Crippen LogP contribution in [0.1, 0.15) is 73.6 Å². The van der Waals surface area contributed by atoms with E-state index in [1.165, 1.54) is 0 Å². The predicted molar refractivity (Wildman–Crippen MR) is 126 cm³/mol. The molecule has 1 rings (SSSR count). The maximum Gasteiger partial charge on any atom is 0.410 e. The lowest BCUT2D eigenvalue weighted by Crippen LogP contribution is -2.51. The molecule has 1 aliphatic heterocycles. The lowest BCUT2D eigenvalue weighted by atomic mass is 9.98. The van der Waals surface area contributed by atoms with Crippen LogP contribution < -0.4 is 10.6 Å². The number of guanidine groups is 1. The van der Waals surface area contributed by atoms with Crippen molar-refractivity contribution in [1.29, 1.82) is 0 Å². The molecule has 0 unspecified atom stereocenters. The summed E-state index contributed by atoms with van der Waals surface area (Å²) < 4.78 is 5.50. The van der Waals surface area contributed by atoms with Crippen LogP contribution in [0, 0.1) is 5.92 Å². The molecule has 0 spiro atoms. The van der Waals surface area contributed by atoms with E-state index in [0.717, 1.165) is 51.2 Å². The van der Waals surface area contributed by atoms with E-state index in [2.05, 4.69) is 29.5 Å². The van der Waals surface area contributed by atoms with E-state index in [1.807, 2.05) is 32.6 Å². The molecule has 1 aliphatic rings. The van der Waals surface area contributed by atoms with Crippen LogP contribution in [0.5, 0.6) is 0 Å². The van der Waals surface area contributed by atoms with E-state index in [9.17, 15) is 9.59 Å². The standard InChI is InChI=1S/C23H45N5O3/c1-8-14-28(22(30)31-23(4,5)6)17-13-25-21(24-7)26-19-11-15-27(16-12-19)20(29)18(9-2)10-3/h18-19H,8-17H2,1-7H3,(H2,24,25,26). The molecular weight excluding hydrogens is 394 g/mol. The number of rotatable bonds is 9. The first-order valence-electron chi connectivity index (χ1n) is 11.9. The van der Waals surface area contributed by atoms with Crippen molar-refractivity contribution in [2.75, 3.05) is 39.8 Å². The topological polar surface area (TPSA) is 86.3 Å². The Morgan fingerprint density at radius 2 is 1.74 bits per heavy atom. The molecule has 0 radical (unpaired) electrons. The first-order valence-corrected chi connectivity index (χ1v) is 11.9. The first kappa shape index (κ1) is 27.0. The molecule has 2 amide bonds. The molecule has 0 saturated carbocycles. The second kappa shape index (κ2) is 13.4. The summed E-state index contributed by atoms with van der Waals surface area (Å²) in [6.45, 7) is 15.2. The summed E-state index contributed by atoms with van der Waals surface area (Å²) in [5, 5.41) is 6.76. The Balaban J connectivity index is 2.45. The fraction of sp³-hybridized carbons (Fsp3) is 0.870. The molecule has 0 aliphatic carbocycles. The van der Waals surface area contributed by atoms with Crippen molar-refractivity contribution in [2.45, 2.75) is 85.3 Å². The Labute approximate surface area is 189 Å². The lowest BCUT2D eigenvalue weighted by molar-refractivity contribution is -0.136. The maximum absolute atomic E-state index is 12.6. The van der Waals surface area contributed by atoms with Crippen LogP contribution >= 0.6 is 0 Å². The van der Waals surface area contributed by atoms with E-state index in [4.69, 9.17) is 4.74 Å². The Kier molecular flexibility index (Phi) is 11.7. The zero-order valence-corrected chi connectivity index (χ0v) is 20.8. The van der Waals surface area contributed by atoms with Crippen molar-refractivity contribution >= 4 is 18.0 Å². The van der Waals surface area contributed by atoms with Crippen molar-refractivity contribution in [3.05, 3.63) is 0 Å². The van der Waals surface area contributed by atoms with Crippen LogP contribution in [-0.2, 0) is 9.53 Å². The van der Waals surface area contributed by atoms with Gasteiger partial charge >= 0.3 is 6.09 Å². The number of piperidine rings is 1. The number of carbonyl (C=O) groups excluding carboxylic acids is 2. The third kappa shape index (κ3) is 9.78. The van der Waals surface area contributed by atoms with Gasteiger partial charge in [0.25, 0.3) is 0 Å². The van der Waals surface area contributed by atoms with Crippen LogP contribution in [-0.4, -0.2) is 79.2 Å². The van der Waals surface area contributed by atoms with Crippen molar-refractivity contribution < 1.29 is 14.3 Å². The van der Waals surface area contributed by atoms with E-state index in [1.54, 1.807) is 11.9 Å². The van der Waals surface area contributed by atoms with Crippen LogP contribution in [0.25, 0.3) is 0 Å². The summed E-state index contributed by atoms with van der Waals surface area (Å²) in [5.74, 6) is 1.17. The van der Waals surface area contributed by atoms with E-state index < -0.39 is 5.60 Å². The molecule has 31 heavy (non-hydrogen) atoms. The third-order valence-corrected chi connectivity index (χ3v) is 5.53. The van der Waals surface area contributed by atoms with E-state index in [-0.39, 0.29) is 18.1 Å². The average molecular weight is 440 g/mol. The fourth-order valence-corrected chi connectivity index (χ4v) is 3.73. The second-order valence-corrected chi connectivity index (χ2v) is 9.22. The van der Waals surface area contributed by atoms with Gasteiger partial charge in [-0.3, -0.25) is 9.79 Å². The molecule has 180 valence electrons. The summed E-state index contributed by atoms with van der Waals surface area (Å²) in [7, 11) is 1.75. The number of likely N-dealkylation sites (tertiary alicyclic amines) is 1. The van der Waals surface area contributed by atoms with Gasteiger partial charge in [-0.2, -0.15) is 0 Å². The van der Waals surface area contributed by atoms with Crippen molar-refractivity contribution in [2.24, 2.45) is 10.9 Å². The Morgan fingerprint density at radius 1 is 1.13 bits per heavy atom. The third-order valence-electron chi connectivity index (χ3n) is 5.53. The summed E-state index contributed by atoms with van der Waals surface area (Å²) in [5.41, 5.74) is -0.501. The van der Waals surface area contributed by atoms with Gasteiger partial charge in [-0.15, -0.1) is 0 Å². The highest BCUT2D eigenvalue weighted by atomic mass is 16.6. The van der Waals surface area contributed by atoms with Gasteiger partial charge in [0.2, 0.25) is 5.91 Å². The molecule has 1 fully saturated rings. The molecule has 2 N–H and O–H groups in total. The molecule has 0 bridgehead atoms. The molecular formula is C23H45N5O3. The lowest BCUT2D eigenvalue weighted by Gasteiger charge is -2.35. The van der Waals surface area contributed by atoms with Gasteiger partial charge in [-0.1, -0.05) is 20.8 Å². The number of aliphatic imine (C=N–C) groups is 1. The van der Waals surface area contributed by atoms with Gasteiger partial charge < -0.3 is 25.2 Å². The summed E-state index contributed by atoms with van der Waals surface area (Å²) in [6.07, 6.45) is 4.22. The summed E-state index contributed by atoms with van der Waals surface area (Å²) in [4.78, 5) is 33.0. The zero-order chi connectivity index (χ0) is 23.4. The summed E-state index contributed by atoms with van der Waals surface area (Å²) in [6, 6.07) is 0.287. The van der Waals surface area contributed by atoms with Crippen LogP contribution in [0.15, 0.2) is 4.99 Å². The van der Waals surface area contributed by atoms with Gasteiger partial charge in [0.1, 0.15) is 5.60 Å². The minimum Gasteiger partial charge on any atom is -0.444 e. The van der Waals surface area contributed by atoms with Gasteiger partial charge in [0.05, 0.1) is 0 Å². The van der Waals surface area contributed by atoms with Gasteiger partial charge in [0, 0.05) is 51.7 Å². The zero-order valence-electron chi connectivity index (χ0n) is 20.8. The molecule has 8 heteroatoms. The SMILES string of the molecule is CCCN(CCNC(=NC)NC1CCN(C(=O)C(CC)CC)CC1)C(=O)OC(C)(C)C. The Bertz CT molecular complexity index is 576. The quantitative estimate of drug-likeness (QED) is 0.425. The van der Waals surface area contributed by atoms with Crippen molar-refractivity contribution in [3.63, 3.8) is 0 Å². The highest BCUT2D eigenvalue weighted by molar-refractivity contribution is 5.80. The summed E-state index contributed by atoms with van der Waals surface area (Å²) >= 11 is 0. The first-order chi connectivity index (χ1) is 14.6. The Hall–Kier alpha value is -1.99. The van der Waals surface area contributed by atoms with Gasteiger partial charge in [-0.25, -0.2) is 4.79 Å². The number of amides is 2. The number of nitrogens with zero attached hydrogens (tertiary/aromatic N) is 3. The number of nitrogens with one attached hydrogen (secondary N) is 2. The predicted octanol–water partition coefficient (Wildman–Crippen LogP) is 3.23. The minimum atomic E-state index is -0.501. The maximum atomic E-state index is 12.6. The van der Waals surface area contributed by atoms with Crippen LogP contribution in [0.4, 0.5) is 4.79 Å². The molecule has 1 saturated heterocycles. The van der Waals surface area contributed by atoms with Crippen molar-refractivity contribution in [1.82, 2.24) is 20.4 Å². The average Bonchev–Trinajstić information content (AvgIpc) is 2.72. The van der Waals surface area contributed by atoms with Gasteiger partial charge in [0.15, 0.2) is 5.96 Å². The molecule has 0 aromatic carbocycles. The molecule has 1 heterocycles. The number of hydrogen-bond acceptors (Lipinski definition) is 4. The van der Waals surface area contributed by atoms with Crippen LogP contribution in [0.3, 0.4) is 0 Å². The second-order valence-electron chi connectivity index (χ2n) is 9.22. The highest BCUT2D eigenvalue weighted by Gasteiger charge is 2.27. The monoisotopic (exact) mass is 439 g/mol. The smallest absolute Gasteiger partial charge is 0.410 e. The van der Waals surface area contributed by atoms with Gasteiger partial charge in [-0.05, 0) is 52.9 Å². The number of hydrogen-bond donors (Lipinski definition) is 2. The molecule has 8 nitrogen and oxygen atoms in total. The molecule has 0 atom stereocenters. The number of ether oxygens (including phenoxy) is 1. The highest BCUT2D eigenvalue weighted by Crippen LogP contribution is 2.17. The number of carbonyl (C=O) groups is 2. The van der Waals surface area contributed by atoms with E-state index >= 15 is 0 Å². The fourth-order valence-electron chi connectivity index (χ4n) is 3.73. The Morgan fingerprint density at radius 3 is 2.23 bits per heavy atom. The van der Waals surface area contributed by atoms with Crippen LogP contribution in [0.2, 0.25) is 0 Å². The minimum absolute atomic E-state index is 0.148. The molecule has 0 aromatic heterocycles. The largest absolute Gasteiger partial charge is 0.444 e. The normalized spacial score (nSPS) is 15.7. The van der Waals surface area contributed by atoms with E-state index in [0.29, 0.717) is 25.5 Å². The molecule has 0 aromatic rings. The van der Waals surface area contributed by atoms with Crippen molar-refractivity contribution in [3.8, 4) is 0 Å².